The lowest BCUT2D eigenvalue weighted by atomic mass is 10.0. The van der Waals surface area contributed by atoms with E-state index in [2.05, 4.69) is 23.1 Å². The Labute approximate surface area is 316 Å². The number of aromatic nitrogens is 4. The zero-order valence-electron chi connectivity index (χ0n) is 31.4. The van der Waals surface area contributed by atoms with Crippen molar-refractivity contribution in [2.45, 2.75) is 58.6 Å². The Morgan fingerprint density at radius 2 is 1.61 bits per heavy atom. The highest BCUT2D eigenvalue weighted by molar-refractivity contribution is 7.90. The molecule has 3 aromatic carbocycles. The summed E-state index contributed by atoms with van der Waals surface area (Å²) >= 11 is 0. The van der Waals surface area contributed by atoms with Crippen LogP contribution in [0.4, 0.5) is 10.5 Å². The largest absolute Gasteiger partial charge is 0.444 e. The number of pyridine rings is 1. The van der Waals surface area contributed by atoms with Crippen molar-refractivity contribution in [2.24, 2.45) is 0 Å². The van der Waals surface area contributed by atoms with Crippen LogP contribution in [0.3, 0.4) is 0 Å². The average molecular weight is 742 g/mol. The molecule has 54 heavy (non-hydrogen) atoms. The molecule has 6 aromatic rings. The first-order chi connectivity index (χ1) is 25.7. The maximum atomic E-state index is 14.2. The summed E-state index contributed by atoms with van der Waals surface area (Å²) in [6.07, 6.45) is 3.09. The third kappa shape index (κ3) is 7.19. The van der Waals surface area contributed by atoms with Crippen LogP contribution >= 0.6 is 0 Å². The highest BCUT2D eigenvalue weighted by Crippen LogP contribution is 2.38. The summed E-state index contributed by atoms with van der Waals surface area (Å²) in [6.45, 7) is 14.4. The molecule has 1 amide bonds. The number of ether oxygens (including phenoxy) is 1. The Bertz CT molecular complexity index is 2520. The molecule has 0 radical (unpaired) electrons. The monoisotopic (exact) mass is 741 g/mol. The first-order valence-corrected chi connectivity index (χ1v) is 19.4. The number of rotatable bonds is 7. The molecule has 0 atom stereocenters. The van der Waals surface area contributed by atoms with Gasteiger partial charge in [0.25, 0.3) is 10.0 Å². The van der Waals surface area contributed by atoms with Crippen LogP contribution in [-0.4, -0.2) is 69.9 Å². The van der Waals surface area contributed by atoms with E-state index in [-0.39, 0.29) is 11.0 Å². The van der Waals surface area contributed by atoms with Crippen molar-refractivity contribution in [3.63, 3.8) is 0 Å². The van der Waals surface area contributed by atoms with E-state index in [9.17, 15) is 18.5 Å². The van der Waals surface area contributed by atoms with Crippen molar-refractivity contribution in [1.29, 1.82) is 5.26 Å². The number of hydrogen-bond acceptors (Lipinski definition) is 8. The normalized spacial score (nSPS) is 13.6. The molecular formula is C42H43N7O4S. The van der Waals surface area contributed by atoms with E-state index in [1.165, 1.54) is 3.97 Å². The minimum Gasteiger partial charge on any atom is -0.444 e. The Morgan fingerprint density at radius 1 is 0.907 bits per heavy atom. The van der Waals surface area contributed by atoms with Crippen LogP contribution in [0, 0.1) is 32.1 Å². The molecule has 0 unspecified atom stereocenters. The quantitative estimate of drug-likeness (QED) is 0.163. The number of carbonyl (C=O) groups is 1. The summed E-state index contributed by atoms with van der Waals surface area (Å²) in [7, 11) is -4.00. The van der Waals surface area contributed by atoms with E-state index in [4.69, 9.17) is 14.8 Å². The Balaban J connectivity index is 1.25. The van der Waals surface area contributed by atoms with Gasteiger partial charge in [0.2, 0.25) is 0 Å². The SMILES string of the molecule is Cc1ccc(S(=O)(=O)n2cc(-c3c(C)nn(Cc4cccc(C#N)c4)c3C)c3cc(-c4ccc(N5CCN(C(=O)OC(C)(C)C)CC5)cc4)cnc32)cc1. The molecule has 0 spiro atoms. The third-order valence-electron chi connectivity index (χ3n) is 9.73. The summed E-state index contributed by atoms with van der Waals surface area (Å²) in [6, 6.07) is 26.7. The first-order valence-electron chi connectivity index (χ1n) is 17.9. The van der Waals surface area contributed by atoms with Gasteiger partial charge in [-0.1, -0.05) is 42.0 Å². The molecule has 0 bridgehead atoms. The van der Waals surface area contributed by atoms with Gasteiger partial charge in [0.1, 0.15) is 5.60 Å². The average Bonchev–Trinajstić information content (AvgIpc) is 3.66. The van der Waals surface area contributed by atoms with E-state index in [0.717, 1.165) is 44.9 Å². The number of nitrogens with zero attached hydrogens (tertiary/aromatic N) is 7. The van der Waals surface area contributed by atoms with Crippen LogP contribution in [0.1, 0.15) is 48.8 Å². The standard InChI is InChI=1S/C42H43N7O4S/c1-28-10-16-36(17-11-28)54(51,52)49-27-38(39-29(2)45-48(30(39)3)26-32-9-7-8-31(22-32)24-43)37-23-34(25-44-40(37)49)33-12-14-35(15-13-33)46-18-20-47(21-19-46)41(50)53-42(4,5)6/h7-17,22-23,25,27H,18-21,26H2,1-6H3. The Morgan fingerprint density at radius 3 is 2.28 bits per heavy atom. The van der Waals surface area contributed by atoms with Gasteiger partial charge in [-0.15, -0.1) is 0 Å². The van der Waals surface area contributed by atoms with E-state index in [1.807, 2.05) is 82.6 Å². The zero-order valence-corrected chi connectivity index (χ0v) is 32.2. The van der Waals surface area contributed by atoms with Crippen LogP contribution in [-0.2, 0) is 21.3 Å². The van der Waals surface area contributed by atoms with Gasteiger partial charge < -0.3 is 14.5 Å². The predicted octanol–water partition coefficient (Wildman–Crippen LogP) is 7.71. The molecule has 12 heteroatoms. The fourth-order valence-corrected chi connectivity index (χ4v) is 8.26. The molecule has 1 aliphatic heterocycles. The molecule has 1 aliphatic rings. The van der Waals surface area contributed by atoms with Crippen LogP contribution in [0.2, 0.25) is 0 Å². The number of piperazine rings is 1. The molecule has 3 aromatic heterocycles. The van der Waals surface area contributed by atoms with Gasteiger partial charge in [-0.05, 0) is 95.1 Å². The second-order valence-electron chi connectivity index (χ2n) is 14.8. The van der Waals surface area contributed by atoms with E-state index < -0.39 is 15.6 Å². The molecule has 0 aliphatic carbocycles. The number of aryl methyl sites for hydroxylation is 2. The van der Waals surface area contributed by atoms with E-state index in [1.54, 1.807) is 47.6 Å². The first kappa shape index (κ1) is 36.4. The second kappa shape index (κ2) is 14.1. The minimum atomic E-state index is -4.00. The maximum Gasteiger partial charge on any atom is 0.410 e. The van der Waals surface area contributed by atoms with Gasteiger partial charge in [-0.25, -0.2) is 22.2 Å². The highest BCUT2D eigenvalue weighted by Gasteiger charge is 2.28. The van der Waals surface area contributed by atoms with Gasteiger partial charge in [0.15, 0.2) is 5.65 Å². The molecule has 7 rings (SSSR count). The number of anilines is 1. The molecular weight excluding hydrogens is 699 g/mol. The van der Waals surface area contributed by atoms with Crippen molar-refractivity contribution in [3.05, 3.63) is 119 Å². The van der Waals surface area contributed by atoms with Gasteiger partial charge >= 0.3 is 6.09 Å². The number of nitriles is 1. The van der Waals surface area contributed by atoms with Crippen LogP contribution in [0.15, 0.2) is 96.2 Å². The molecule has 4 heterocycles. The lowest BCUT2D eigenvalue weighted by Crippen LogP contribution is -2.50. The molecule has 276 valence electrons. The number of hydrogen-bond donors (Lipinski definition) is 0. The smallest absolute Gasteiger partial charge is 0.410 e. The maximum absolute atomic E-state index is 14.2. The lowest BCUT2D eigenvalue weighted by Gasteiger charge is -2.36. The topological polar surface area (TPSA) is 126 Å². The molecule has 1 fully saturated rings. The number of carbonyl (C=O) groups excluding carboxylic acids is 1. The Kier molecular flexibility index (Phi) is 9.54. The molecule has 1 saturated heterocycles. The van der Waals surface area contributed by atoms with Crippen molar-refractivity contribution in [1.82, 2.24) is 23.6 Å². The molecule has 11 nitrogen and oxygen atoms in total. The third-order valence-corrected chi connectivity index (χ3v) is 11.4. The molecule has 0 saturated carbocycles. The van der Waals surface area contributed by atoms with Gasteiger partial charge in [0, 0.05) is 72.0 Å². The van der Waals surface area contributed by atoms with Gasteiger partial charge in [0.05, 0.1) is 28.8 Å². The fourth-order valence-electron chi connectivity index (χ4n) is 6.93. The van der Waals surface area contributed by atoms with Crippen molar-refractivity contribution in [3.8, 4) is 28.3 Å². The zero-order chi connectivity index (χ0) is 38.4. The Hall–Kier alpha value is -5.93. The number of amides is 1. The predicted molar refractivity (Wildman–Crippen MR) is 210 cm³/mol. The van der Waals surface area contributed by atoms with Crippen LogP contribution in [0.25, 0.3) is 33.3 Å². The lowest BCUT2D eigenvalue weighted by molar-refractivity contribution is 0.0240. The van der Waals surface area contributed by atoms with Crippen LogP contribution < -0.4 is 4.90 Å². The highest BCUT2D eigenvalue weighted by atomic mass is 32.2. The van der Waals surface area contributed by atoms with Gasteiger partial charge in [-0.3, -0.25) is 4.68 Å². The molecule has 0 N–H and O–H groups in total. The number of fused-ring (bicyclic) bond motifs is 1. The van der Waals surface area contributed by atoms with Crippen molar-refractivity contribution in [2.75, 3.05) is 31.1 Å². The summed E-state index contributed by atoms with van der Waals surface area (Å²) in [5.41, 5.74) is 8.23. The summed E-state index contributed by atoms with van der Waals surface area (Å²) < 4.78 is 37.1. The summed E-state index contributed by atoms with van der Waals surface area (Å²) in [5.74, 6) is 0. The summed E-state index contributed by atoms with van der Waals surface area (Å²) in [5, 5.41) is 15.0. The second-order valence-corrected chi connectivity index (χ2v) is 16.6. The minimum absolute atomic E-state index is 0.173. The van der Waals surface area contributed by atoms with Crippen molar-refractivity contribution >= 4 is 32.8 Å². The fraction of sp³-hybridized carbons (Fsp3) is 0.286. The van der Waals surface area contributed by atoms with E-state index in [0.29, 0.717) is 54.9 Å². The van der Waals surface area contributed by atoms with E-state index >= 15 is 0 Å². The van der Waals surface area contributed by atoms with Crippen LogP contribution in [0.5, 0.6) is 0 Å². The summed E-state index contributed by atoms with van der Waals surface area (Å²) in [4.78, 5) is 21.5. The van der Waals surface area contributed by atoms with Crippen molar-refractivity contribution < 1.29 is 17.9 Å². The van der Waals surface area contributed by atoms with Gasteiger partial charge in [-0.2, -0.15) is 10.4 Å². The number of benzene rings is 3.